The Labute approximate surface area is 124 Å². The van der Waals surface area contributed by atoms with E-state index in [1.54, 1.807) is 6.92 Å². The summed E-state index contributed by atoms with van der Waals surface area (Å²) >= 11 is 0. The second kappa shape index (κ2) is 5.92. The lowest BCUT2D eigenvalue weighted by atomic mass is 10.0. The highest BCUT2D eigenvalue weighted by Crippen LogP contribution is 2.23. The predicted molar refractivity (Wildman–Crippen MR) is 76.7 cm³/mol. The number of nitrogens with zero attached hydrogens (tertiary/aromatic N) is 1. The Morgan fingerprint density at radius 1 is 1.43 bits per heavy atom. The van der Waals surface area contributed by atoms with Crippen molar-refractivity contribution in [2.75, 3.05) is 24.6 Å². The van der Waals surface area contributed by atoms with Gasteiger partial charge in [0, 0.05) is 6.04 Å². The van der Waals surface area contributed by atoms with Crippen LogP contribution in [0.15, 0.2) is 0 Å². The molecule has 2 saturated heterocycles. The highest BCUT2D eigenvalue weighted by Gasteiger charge is 2.40. The van der Waals surface area contributed by atoms with E-state index in [9.17, 15) is 18.0 Å². The fourth-order valence-electron chi connectivity index (χ4n) is 3.21. The summed E-state index contributed by atoms with van der Waals surface area (Å²) in [5.74, 6) is -1.01. The molecule has 120 valence electrons. The number of sulfone groups is 1. The van der Waals surface area contributed by atoms with Crippen LogP contribution in [0.25, 0.3) is 0 Å². The zero-order valence-electron chi connectivity index (χ0n) is 12.2. The minimum absolute atomic E-state index is 0.0235. The van der Waals surface area contributed by atoms with Crippen molar-refractivity contribution in [3.05, 3.63) is 0 Å². The third-order valence-electron chi connectivity index (χ3n) is 4.20. The van der Waals surface area contributed by atoms with Gasteiger partial charge >= 0.3 is 5.97 Å². The summed E-state index contributed by atoms with van der Waals surface area (Å²) in [7, 11) is -3.06. The summed E-state index contributed by atoms with van der Waals surface area (Å²) < 4.78 is 23.0. The molecule has 2 N–H and O–H groups in total. The van der Waals surface area contributed by atoms with Gasteiger partial charge in [-0.2, -0.15) is 0 Å². The standard InChI is InChI=1S/C13H22N2O5S/c1-13(4-6-21(19,20)9-13)14-11(16)8-15-5-2-3-10(15)7-12(17)18/h10H,2-9H2,1H3,(H,14,16)(H,17,18). The van der Waals surface area contributed by atoms with Crippen LogP contribution in [0.1, 0.15) is 32.6 Å². The molecule has 2 atom stereocenters. The van der Waals surface area contributed by atoms with E-state index < -0.39 is 21.3 Å². The molecular weight excluding hydrogens is 296 g/mol. The van der Waals surface area contributed by atoms with Gasteiger partial charge in [0.15, 0.2) is 9.84 Å². The Balaban J connectivity index is 1.88. The maximum absolute atomic E-state index is 12.1. The van der Waals surface area contributed by atoms with Crippen LogP contribution >= 0.6 is 0 Å². The summed E-state index contributed by atoms with van der Waals surface area (Å²) in [6, 6.07) is -0.103. The molecule has 2 rings (SSSR count). The zero-order chi connectivity index (χ0) is 15.7. The highest BCUT2D eigenvalue weighted by atomic mass is 32.2. The van der Waals surface area contributed by atoms with Crippen LogP contribution in [0.2, 0.25) is 0 Å². The smallest absolute Gasteiger partial charge is 0.304 e. The van der Waals surface area contributed by atoms with Gasteiger partial charge in [-0.3, -0.25) is 14.5 Å². The summed E-state index contributed by atoms with van der Waals surface area (Å²) in [6.07, 6.45) is 2.14. The largest absolute Gasteiger partial charge is 0.481 e. The van der Waals surface area contributed by atoms with Crippen LogP contribution in [0.4, 0.5) is 0 Å². The molecule has 2 aliphatic rings. The third-order valence-corrected chi connectivity index (χ3v) is 6.10. The number of likely N-dealkylation sites (tertiary alicyclic amines) is 1. The molecule has 2 unspecified atom stereocenters. The summed E-state index contributed by atoms with van der Waals surface area (Å²) in [6.45, 7) is 2.59. The maximum atomic E-state index is 12.1. The van der Waals surface area contributed by atoms with Crippen molar-refractivity contribution < 1.29 is 23.1 Å². The molecule has 0 bridgehead atoms. The van der Waals surface area contributed by atoms with Gasteiger partial charge in [0.1, 0.15) is 0 Å². The molecule has 1 amide bonds. The van der Waals surface area contributed by atoms with Gasteiger partial charge in [0.05, 0.1) is 30.0 Å². The molecular formula is C13H22N2O5S. The minimum atomic E-state index is -3.06. The average molecular weight is 318 g/mol. The minimum Gasteiger partial charge on any atom is -0.481 e. The maximum Gasteiger partial charge on any atom is 0.304 e. The van der Waals surface area contributed by atoms with E-state index in [-0.39, 0.29) is 36.4 Å². The van der Waals surface area contributed by atoms with Gasteiger partial charge in [-0.05, 0) is 32.7 Å². The molecule has 0 aromatic carbocycles. The molecule has 21 heavy (non-hydrogen) atoms. The van der Waals surface area contributed by atoms with Crippen LogP contribution in [0.3, 0.4) is 0 Å². The number of carbonyl (C=O) groups excluding carboxylic acids is 1. The molecule has 0 spiro atoms. The van der Waals surface area contributed by atoms with Crippen LogP contribution in [-0.2, 0) is 19.4 Å². The number of nitrogens with one attached hydrogen (secondary N) is 1. The molecule has 2 fully saturated rings. The first-order chi connectivity index (χ1) is 9.69. The fourth-order valence-corrected chi connectivity index (χ4v) is 5.30. The van der Waals surface area contributed by atoms with Gasteiger partial charge in [-0.15, -0.1) is 0 Å². The van der Waals surface area contributed by atoms with E-state index in [4.69, 9.17) is 5.11 Å². The SMILES string of the molecule is CC1(NC(=O)CN2CCCC2CC(=O)O)CCS(=O)(=O)C1. The first-order valence-electron chi connectivity index (χ1n) is 7.16. The van der Waals surface area contributed by atoms with E-state index in [0.717, 1.165) is 12.8 Å². The Bertz CT molecular complexity index is 533. The molecule has 7 nitrogen and oxygen atoms in total. The quantitative estimate of drug-likeness (QED) is 0.716. The number of amides is 1. The van der Waals surface area contributed by atoms with Crippen LogP contribution in [0, 0.1) is 0 Å². The predicted octanol–water partition coefficient (Wildman–Crippen LogP) is -0.381. The molecule has 2 heterocycles. The second-order valence-corrected chi connectivity index (χ2v) is 8.50. The Kier molecular flexibility index (Phi) is 4.57. The first-order valence-corrected chi connectivity index (χ1v) is 8.99. The van der Waals surface area contributed by atoms with Gasteiger partial charge in [-0.25, -0.2) is 8.42 Å². The van der Waals surface area contributed by atoms with Crippen molar-refractivity contribution in [3.63, 3.8) is 0 Å². The van der Waals surface area contributed by atoms with Gasteiger partial charge in [-0.1, -0.05) is 0 Å². The molecule has 8 heteroatoms. The van der Waals surface area contributed by atoms with Crippen LogP contribution in [0.5, 0.6) is 0 Å². The number of carboxylic acids is 1. The van der Waals surface area contributed by atoms with Gasteiger partial charge in [0.2, 0.25) is 5.91 Å². The van der Waals surface area contributed by atoms with Crippen molar-refractivity contribution >= 4 is 21.7 Å². The molecule has 0 aromatic rings. The van der Waals surface area contributed by atoms with E-state index >= 15 is 0 Å². The van der Waals surface area contributed by atoms with Gasteiger partial charge in [0.25, 0.3) is 0 Å². The number of rotatable bonds is 5. The van der Waals surface area contributed by atoms with Crippen molar-refractivity contribution in [1.29, 1.82) is 0 Å². The normalized spacial score (nSPS) is 32.1. The van der Waals surface area contributed by atoms with E-state index in [0.29, 0.717) is 13.0 Å². The zero-order valence-corrected chi connectivity index (χ0v) is 13.0. The molecule has 0 saturated carbocycles. The second-order valence-electron chi connectivity index (χ2n) is 6.32. The first kappa shape index (κ1) is 16.2. The monoisotopic (exact) mass is 318 g/mol. The summed E-state index contributed by atoms with van der Waals surface area (Å²) in [4.78, 5) is 24.8. The van der Waals surface area contributed by atoms with Gasteiger partial charge < -0.3 is 10.4 Å². The lowest BCUT2D eigenvalue weighted by molar-refractivity contribution is -0.138. The van der Waals surface area contributed by atoms with Crippen molar-refractivity contribution in [2.24, 2.45) is 0 Å². The van der Waals surface area contributed by atoms with Crippen LogP contribution in [-0.4, -0.2) is 66.5 Å². The van der Waals surface area contributed by atoms with E-state index in [1.165, 1.54) is 0 Å². The molecule has 0 aromatic heterocycles. The topological polar surface area (TPSA) is 104 Å². The number of hydrogen-bond donors (Lipinski definition) is 2. The average Bonchev–Trinajstić information content (AvgIpc) is 2.83. The molecule has 0 aliphatic carbocycles. The highest BCUT2D eigenvalue weighted by molar-refractivity contribution is 7.91. The van der Waals surface area contributed by atoms with Crippen molar-refractivity contribution in [2.45, 2.75) is 44.2 Å². The van der Waals surface area contributed by atoms with Crippen LogP contribution < -0.4 is 5.32 Å². The number of hydrogen-bond acceptors (Lipinski definition) is 5. The lowest BCUT2D eigenvalue weighted by Gasteiger charge is -2.27. The van der Waals surface area contributed by atoms with E-state index in [1.807, 2.05) is 4.90 Å². The Morgan fingerprint density at radius 3 is 2.71 bits per heavy atom. The Hall–Kier alpha value is -1.15. The Morgan fingerprint density at radius 2 is 2.14 bits per heavy atom. The molecule has 0 radical (unpaired) electrons. The summed E-state index contributed by atoms with van der Waals surface area (Å²) in [5.41, 5.74) is -0.696. The van der Waals surface area contributed by atoms with E-state index in [2.05, 4.69) is 5.32 Å². The lowest BCUT2D eigenvalue weighted by Crippen LogP contribution is -2.51. The fraction of sp³-hybridized carbons (Fsp3) is 0.846. The number of aliphatic carboxylic acids is 1. The third kappa shape index (κ3) is 4.41. The summed E-state index contributed by atoms with van der Waals surface area (Å²) in [5, 5.41) is 11.7. The van der Waals surface area contributed by atoms with Crippen molar-refractivity contribution in [1.82, 2.24) is 10.2 Å². The molecule has 2 aliphatic heterocycles. The number of carbonyl (C=O) groups is 2. The number of carboxylic acid groups (broad SMARTS) is 1. The van der Waals surface area contributed by atoms with Crippen molar-refractivity contribution in [3.8, 4) is 0 Å².